The fourth-order valence-electron chi connectivity index (χ4n) is 2.10. The first-order valence-electron chi connectivity index (χ1n) is 5.94. The number of carbonyl (C=O) groups is 2. The zero-order chi connectivity index (χ0) is 14.2. The molecule has 0 atom stereocenters. The van der Waals surface area contributed by atoms with Gasteiger partial charge in [-0.05, 0) is 38.5 Å². The van der Waals surface area contributed by atoms with Crippen LogP contribution >= 0.6 is 0 Å². The first kappa shape index (κ1) is 13.1. The molecule has 4 heteroatoms. The molecule has 0 unspecified atom stereocenters. The lowest BCUT2D eigenvalue weighted by Gasteiger charge is -2.10. The van der Waals surface area contributed by atoms with Gasteiger partial charge in [-0.2, -0.15) is 0 Å². The minimum atomic E-state index is -1.05. The maximum atomic E-state index is 11.4. The first-order chi connectivity index (χ1) is 8.90. The number of carboxylic acids is 1. The van der Waals surface area contributed by atoms with Crippen LogP contribution in [0.25, 0.3) is 5.69 Å². The van der Waals surface area contributed by atoms with Crippen molar-refractivity contribution in [1.29, 1.82) is 0 Å². The molecule has 0 spiro atoms. The third-order valence-corrected chi connectivity index (χ3v) is 3.06. The average molecular weight is 257 g/mol. The highest BCUT2D eigenvalue weighted by atomic mass is 16.4. The van der Waals surface area contributed by atoms with E-state index in [0.29, 0.717) is 5.56 Å². The van der Waals surface area contributed by atoms with Gasteiger partial charge in [-0.25, -0.2) is 4.79 Å². The molecule has 0 saturated carbocycles. The van der Waals surface area contributed by atoms with E-state index in [2.05, 4.69) is 0 Å². The van der Waals surface area contributed by atoms with Gasteiger partial charge in [-0.15, -0.1) is 0 Å². The molecule has 0 radical (unpaired) electrons. The fourth-order valence-corrected chi connectivity index (χ4v) is 2.10. The number of hydrogen-bond donors (Lipinski definition) is 1. The summed E-state index contributed by atoms with van der Waals surface area (Å²) in [5, 5.41) is 9.24. The van der Waals surface area contributed by atoms with Gasteiger partial charge in [0.1, 0.15) is 5.69 Å². The van der Waals surface area contributed by atoms with E-state index in [4.69, 9.17) is 0 Å². The fraction of sp³-hybridized carbons (Fsp3) is 0.200. The zero-order valence-corrected chi connectivity index (χ0v) is 11.1. The maximum Gasteiger partial charge on any atom is 0.352 e. The summed E-state index contributed by atoms with van der Waals surface area (Å²) >= 11 is 0. The van der Waals surface area contributed by atoms with Crippen molar-refractivity contribution in [3.8, 4) is 5.69 Å². The predicted molar refractivity (Wildman–Crippen MR) is 72.2 cm³/mol. The molecule has 1 N–H and O–H groups in total. The Kier molecular flexibility index (Phi) is 3.25. The summed E-state index contributed by atoms with van der Waals surface area (Å²) in [6, 6.07) is 7.17. The number of aryl methyl sites for hydroxylation is 2. The van der Waals surface area contributed by atoms with Crippen LogP contribution in [0.2, 0.25) is 0 Å². The number of hydrogen-bond acceptors (Lipinski definition) is 2. The van der Waals surface area contributed by atoms with Crippen molar-refractivity contribution in [2.24, 2.45) is 0 Å². The molecule has 0 aliphatic rings. The van der Waals surface area contributed by atoms with Crippen LogP contribution in [0.5, 0.6) is 0 Å². The lowest BCUT2D eigenvalue weighted by Crippen LogP contribution is -2.06. The molecule has 0 bridgehead atoms. The van der Waals surface area contributed by atoms with Crippen molar-refractivity contribution in [1.82, 2.24) is 4.57 Å². The van der Waals surface area contributed by atoms with Gasteiger partial charge in [0.05, 0.1) is 0 Å². The van der Waals surface area contributed by atoms with Gasteiger partial charge in [0, 0.05) is 17.4 Å². The molecule has 0 aliphatic carbocycles. The van der Waals surface area contributed by atoms with Gasteiger partial charge in [0.25, 0.3) is 0 Å². The summed E-state index contributed by atoms with van der Waals surface area (Å²) in [5.41, 5.74) is 3.34. The number of carboxylic acid groups (broad SMARTS) is 1. The second-order valence-corrected chi connectivity index (χ2v) is 4.64. The van der Waals surface area contributed by atoms with E-state index in [9.17, 15) is 14.7 Å². The molecule has 0 aliphatic heterocycles. The normalized spacial score (nSPS) is 10.5. The largest absolute Gasteiger partial charge is 0.477 e. The number of benzene rings is 1. The minimum absolute atomic E-state index is 0.0946. The van der Waals surface area contributed by atoms with Crippen LogP contribution in [0.4, 0.5) is 0 Å². The van der Waals surface area contributed by atoms with Crippen molar-refractivity contribution in [2.45, 2.75) is 20.8 Å². The van der Waals surface area contributed by atoms with Crippen LogP contribution in [-0.4, -0.2) is 21.4 Å². The number of ketones is 1. The molecule has 98 valence electrons. The van der Waals surface area contributed by atoms with Gasteiger partial charge in [0.2, 0.25) is 0 Å². The summed E-state index contributed by atoms with van der Waals surface area (Å²) in [5.74, 6) is -1.20. The van der Waals surface area contributed by atoms with Gasteiger partial charge in [0.15, 0.2) is 5.78 Å². The quantitative estimate of drug-likeness (QED) is 0.860. The highest BCUT2D eigenvalue weighted by Crippen LogP contribution is 2.21. The SMILES string of the molecule is CC(=O)c1cc(C(=O)O)n(-c2ccc(C)cc2C)c1. The maximum absolute atomic E-state index is 11.4. The van der Waals surface area contributed by atoms with Gasteiger partial charge in [-0.3, -0.25) is 4.79 Å². The Morgan fingerprint density at radius 2 is 1.84 bits per heavy atom. The monoisotopic (exact) mass is 257 g/mol. The number of carbonyl (C=O) groups excluding carboxylic acids is 1. The van der Waals surface area contributed by atoms with Crippen molar-refractivity contribution < 1.29 is 14.7 Å². The Labute approximate surface area is 111 Å². The van der Waals surface area contributed by atoms with Crippen LogP contribution in [0.15, 0.2) is 30.5 Å². The van der Waals surface area contributed by atoms with Crippen LogP contribution in [0, 0.1) is 13.8 Å². The molecule has 0 amide bonds. The lowest BCUT2D eigenvalue weighted by atomic mass is 10.1. The zero-order valence-electron chi connectivity index (χ0n) is 11.1. The summed E-state index contributed by atoms with van der Waals surface area (Å²) in [6.07, 6.45) is 1.57. The van der Waals surface area contributed by atoms with Gasteiger partial charge in [-0.1, -0.05) is 17.7 Å². The second-order valence-electron chi connectivity index (χ2n) is 4.64. The second kappa shape index (κ2) is 4.72. The Morgan fingerprint density at radius 3 is 2.37 bits per heavy atom. The van der Waals surface area contributed by atoms with E-state index >= 15 is 0 Å². The summed E-state index contributed by atoms with van der Waals surface area (Å²) in [7, 11) is 0. The smallest absolute Gasteiger partial charge is 0.352 e. The number of Topliss-reactive ketones (excluding diaryl/α,β-unsaturated/α-hetero) is 1. The van der Waals surface area contributed by atoms with E-state index in [0.717, 1.165) is 16.8 Å². The van der Waals surface area contributed by atoms with E-state index in [1.165, 1.54) is 13.0 Å². The van der Waals surface area contributed by atoms with Gasteiger partial charge < -0.3 is 9.67 Å². The molecule has 0 fully saturated rings. The lowest BCUT2D eigenvalue weighted by molar-refractivity contribution is 0.0688. The molecule has 2 rings (SSSR count). The summed E-state index contributed by atoms with van der Waals surface area (Å²) < 4.78 is 1.55. The molecule has 1 aromatic heterocycles. The first-order valence-corrected chi connectivity index (χ1v) is 5.94. The number of aromatic nitrogens is 1. The van der Waals surface area contributed by atoms with Crippen molar-refractivity contribution in [3.63, 3.8) is 0 Å². The Morgan fingerprint density at radius 1 is 1.16 bits per heavy atom. The molecule has 2 aromatic rings. The summed E-state index contributed by atoms with van der Waals surface area (Å²) in [6.45, 7) is 5.32. The Bertz CT molecular complexity index is 668. The van der Waals surface area contributed by atoms with E-state index in [-0.39, 0.29) is 11.5 Å². The molecular formula is C15H15NO3. The van der Waals surface area contributed by atoms with Crippen LogP contribution < -0.4 is 0 Å². The molecule has 4 nitrogen and oxygen atoms in total. The number of nitrogens with zero attached hydrogens (tertiary/aromatic N) is 1. The van der Waals surface area contributed by atoms with Crippen molar-refractivity contribution in [2.75, 3.05) is 0 Å². The van der Waals surface area contributed by atoms with Crippen LogP contribution in [0.3, 0.4) is 0 Å². The number of rotatable bonds is 3. The van der Waals surface area contributed by atoms with Gasteiger partial charge >= 0.3 is 5.97 Å². The Balaban J connectivity index is 2.66. The highest BCUT2D eigenvalue weighted by Gasteiger charge is 2.16. The Hall–Kier alpha value is -2.36. The molecule has 0 saturated heterocycles. The molecule has 19 heavy (non-hydrogen) atoms. The summed E-state index contributed by atoms with van der Waals surface area (Å²) in [4.78, 5) is 22.7. The number of aromatic carboxylic acids is 1. The van der Waals surface area contributed by atoms with E-state index in [1.54, 1.807) is 10.8 Å². The van der Waals surface area contributed by atoms with Crippen LogP contribution in [-0.2, 0) is 0 Å². The standard InChI is InChI=1S/C15H15NO3/c1-9-4-5-13(10(2)6-9)16-8-12(11(3)17)7-14(16)15(18)19/h4-8H,1-3H3,(H,18,19). The highest BCUT2D eigenvalue weighted by molar-refractivity contribution is 5.97. The van der Waals surface area contributed by atoms with Crippen molar-refractivity contribution >= 4 is 11.8 Å². The van der Waals surface area contributed by atoms with Crippen LogP contribution in [0.1, 0.15) is 38.9 Å². The third kappa shape index (κ3) is 2.42. The predicted octanol–water partition coefficient (Wildman–Crippen LogP) is 2.99. The average Bonchev–Trinajstić information content (AvgIpc) is 2.73. The molecule has 1 heterocycles. The topological polar surface area (TPSA) is 59.3 Å². The molecular weight excluding hydrogens is 242 g/mol. The van der Waals surface area contributed by atoms with E-state index in [1.807, 2.05) is 32.0 Å². The molecule has 1 aromatic carbocycles. The minimum Gasteiger partial charge on any atom is -0.477 e. The van der Waals surface area contributed by atoms with E-state index < -0.39 is 5.97 Å². The third-order valence-electron chi connectivity index (χ3n) is 3.06. The van der Waals surface area contributed by atoms with Crippen molar-refractivity contribution in [3.05, 3.63) is 52.8 Å².